The average molecular weight is 271 g/mol. The van der Waals surface area contributed by atoms with E-state index in [0.717, 1.165) is 22.4 Å². The molecule has 0 aromatic heterocycles. The van der Waals surface area contributed by atoms with Crippen LogP contribution in [0.15, 0.2) is 42.5 Å². The molecule has 0 aliphatic carbocycles. The van der Waals surface area contributed by atoms with Gasteiger partial charge in [0.05, 0.1) is 6.07 Å². The Hall–Kier alpha value is -1.98. The summed E-state index contributed by atoms with van der Waals surface area (Å²) in [6.07, 6.45) is 0. The molecule has 1 unspecified atom stereocenters. The van der Waals surface area contributed by atoms with E-state index in [1.54, 1.807) is 0 Å². The molecule has 0 spiro atoms. The minimum Gasteiger partial charge on any atom is -0.366 e. The van der Waals surface area contributed by atoms with E-state index in [-0.39, 0.29) is 6.04 Å². The summed E-state index contributed by atoms with van der Waals surface area (Å²) in [4.78, 5) is 0. The van der Waals surface area contributed by atoms with E-state index >= 15 is 0 Å². The first kappa shape index (κ1) is 13.5. The fourth-order valence-electron chi connectivity index (χ4n) is 2.11. The van der Waals surface area contributed by atoms with Crippen molar-refractivity contribution in [1.29, 1.82) is 5.26 Å². The molecular weight excluding hydrogens is 256 g/mol. The number of benzene rings is 2. The predicted molar refractivity (Wildman–Crippen MR) is 79.3 cm³/mol. The number of aryl methyl sites for hydroxylation is 2. The van der Waals surface area contributed by atoms with Crippen molar-refractivity contribution in [2.45, 2.75) is 19.9 Å². The highest BCUT2D eigenvalue weighted by Crippen LogP contribution is 2.23. The second kappa shape index (κ2) is 5.77. The SMILES string of the molecule is Cc1cc(C)cc(C(C#N)Nc2cccc(Cl)c2)c1. The third-order valence-corrected chi connectivity index (χ3v) is 3.08. The van der Waals surface area contributed by atoms with E-state index in [4.69, 9.17) is 11.6 Å². The van der Waals surface area contributed by atoms with Crippen LogP contribution in [0.5, 0.6) is 0 Å². The number of nitrogens with zero attached hydrogens (tertiary/aromatic N) is 1. The van der Waals surface area contributed by atoms with Crippen LogP contribution in [-0.2, 0) is 0 Å². The lowest BCUT2D eigenvalue weighted by Crippen LogP contribution is -2.09. The molecule has 0 aliphatic heterocycles. The van der Waals surface area contributed by atoms with Gasteiger partial charge in [0.2, 0.25) is 0 Å². The molecule has 0 radical (unpaired) electrons. The summed E-state index contributed by atoms with van der Waals surface area (Å²) in [7, 11) is 0. The molecule has 0 saturated heterocycles. The second-order valence-corrected chi connectivity index (χ2v) is 5.07. The van der Waals surface area contributed by atoms with E-state index in [0.29, 0.717) is 5.02 Å². The number of nitrogens with one attached hydrogen (secondary N) is 1. The zero-order chi connectivity index (χ0) is 13.8. The lowest BCUT2D eigenvalue weighted by molar-refractivity contribution is 0.990. The van der Waals surface area contributed by atoms with Crippen molar-refractivity contribution < 1.29 is 0 Å². The summed E-state index contributed by atoms with van der Waals surface area (Å²) in [5.74, 6) is 0. The molecule has 2 nitrogen and oxygen atoms in total. The van der Waals surface area contributed by atoms with Crippen LogP contribution >= 0.6 is 11.6 Å². The van der Waals surface area contributed by atoms with Crippen molar-refractivity contribution in [1.82, 2.24) is 0 Å². The fraction of sp³-hybridized carbons (Fsp3) is 0.188. The number of halogens is 1. The second-order valence-electron chi connectivity index (χ2n) is 4.64. The summed E-state index contributed by atoms with van der Waals surface area (Å²) in [6.45, 7) is 4.06. The Morgan fingerprint density at radius 1 is 1.11 bits per heavy atom. The molecule has 0 aliphatic rings. The topological polar surface area (TPSA) is 35.8 Å². The quantitative estimate of drug-likeness (QED) is 0.882. The van der Waals surface area contributed by atoms with Crippen LogP contribution in [0.4, 0.5) is 5.69 Å². The maximum absolute atomic E-state index is 9.35. The Morgan fingerprint density at radius 3 is 2.37 bits per heavy atom. The molecule has 0 bridgehead atoms. The summed E-state index contributed by atoms with van der Waals surface area (Å²) in [5, 5.41) is 13.2. The summed E-state index contributed by atoms with van der Waals surface area (Å²) >= 11 is 5.95. The van der Waals surface area contributed by atoms with Gasteiger partial charge in [0.1, 0.15) is 6.04 Å². The molecule has 0 heterocycles. The Balaban J connectivity index is 2.28. The van der Waals surface area contributed by atoms with Crippen LogP contribution in [0.1, 0.15) is 22.7 Å². The van der Waals surface area contributed by atoms with Crippen LogP contribution in [0.2, 0.25) is 5.02 Å². The number of hydrogen-bond acceptors (Lipinski definition) is 2. The number of hydrogen-bond donors (Lipinski definition) is 1. The first-order chi connectivity index (χ1) is 9.08. The minimum absolute atomic E-state index is 0.378. The highest BCUT2D eigenvalue weighted by atomic mass is 35.5. The van der Waals surface area contributed by atoms with Gasteiger partial charge >= 0.3 is 0 Å². The third-order valence-electron chi connectivity index (χ3n) is 2.84. The van der Waals surface area contributed by atoms with Gasteiger partial charge in [0, 0.05) is 10.7 Å². The van der Waals surface area contributed by atoms with Crippen molar-refractivity contribution in [2.75, 3.05) is 5.32 Å². The zero-order valence-electron chi connectivity index (χ0n) is 10.9. The van der Waals surface area contributed by atoms with E-state index < -0.39 is 0 Å². The summed E-state index contributed by atoms with van der Waals surface area (Å²) in [5.41, 5.74) is 4.13. The molecule has 3 heteroatoms. The molecule has 1 N–H and O–H groups in total. The number of rotatable bonds is 3. The standard InChI is InChI=1S/C16H15ClN2/c1-11-6-12(2)8-13(7-11)16(10-18)19-15-5-3-4-14(17)9-15/h3-9,16,19H,1-2H3. The first-order valence-electron chi connectivity index (χ1n) is 6.08. The largest absolute Gasteiger partial charge is 0.366 e. The molecule has 0 fully saturated rings. The molecule has 2 aromatic carbocycles. The van der Waals surface area contributed by atoms with E-state index in [9.17, 15) is 5.26 Å². The van der Waals surface area contributed by atoms with Crippen molar-refractivity contribution in [2.24, 2.45) is 0 Å². The fourth-order valence-corrected chi connectivity index (χ4v) is 2.30. The van der Waals surface area contributed by atoms with Crippen molar-refractivity contribution in [3.63, 3.8) is 0 Å². The molecular formula is C16H15ClN2. The predicted octanol–water partition coefficient (Wildman–Crippen LogP) is 4.63. The molecule has 0 saturated carbocycles. The van der Waals surface area contributed by atoms with Crippen molar-refractivity contribution in [3.8, 4) is 6.07 Å². The molecule has 0 amide bonds. The maximum Gasteiger partial charge on any atom is 0.140 e. The van der Waals surface area contributed by atoms with Gasteiger partial charge in [-0.1, -0.05) is 47.0 Å². The maximum atomic E-state index is 9.35. The molecule has 2 aromatic rings. The number of anilines is 1. The Labute approximate surface area is 118 Å². The van der Waals surface area contributed by atoms with Gasteiger partial charge in [-0.25, -0.2) is 0 Å². The van der Waals surface area contributed by atoms with Crippen LogP contribution < -0.4 is 5.32 Å². The van der Waals surface area contributed by atoms with E-state index in [1.807, 2.05) is 50.2 Å². The van der Waals surface area contributed by atoms with Crippen molar-refractivity contribution in [3.05, 3.63) is 64.2 Å². The van der Waals surface area contributed by atoms with Gasteiger partial charge in [-0.3, -0.25) is 0 Å². The summed E-state index contributed by atoms with van der Waals surface area (Å²) < 4.78 is 0. The monoisotopic (exact) mass is 270 g/mol. The lowest BCUT2D eigenvalue weighted by atomic mass is 10.0. The Bertz CT molecular complexity index is 609. The number of nitriles is 1. The van der Waals surface area contributed by atoms with Crippen LogP contribution in [0, 0.1) is 25.2 Å². The normalized spacial score (nSPS) is 11.7. The van der Waals surface area contributed by atoms with Gasteiger partial charge < -0.3 is 5.32 Å². The Kier molecular flexibility index (Phi) is 4.09. The minimum atomic E-state index is -0.378. The van der Waals surface area contributed by atoms with Gasteiger partial charge in [0.15, 0.2) is 0 Å². The van der Waals surface area contributed by atoms with Gasteiger partial charge in [-0.2, -0.15) is 5.26 Å². The molecule has 1 atom stereocenters. The highest BCUT2D eigenvalue weighted by Gasteiger charge is 2.11. The van der Waals surface area contributed by atoms with Gasteiger partial charge in [0.25, 0.3) is 0 Å². The highest BCUT2D eigenvalue weighted by molar-refractivity contribution is 6.30. The van der Waals surface area contributed by atoms with Crippen LogP contribution in [0.3, 0.4) is 0 Å². The van der Waals surface area contributed by atoms with Gasteiger partial charge in [-0.15, -0.1) is 0 Å². The lowest BCUT2D eigenvalue weighted by Gasteiger charge is -2.15. The Morgan fingerprint density at radius 2 is 1.79 bits per heavy atom. The smallest absolute Gasteiger partial charge is 0.140 e. The van der Waals surface area contributed by atoms with Gasteiger partial charge in [-0.05, 0) is 37.6 Å². The summed E-state index contributed by atoms with van der Waals surface area (Å²) in [6, 6.07) is 15.4. The first-order valence-corrected chi connectivity index (χ1v) is 6.46. The van der Waals surface area contributed by atoms with E-state index in [2.05, 4.69) is 17.5 Å². The molecule has 96 valence electrons. The molecule has 19 heavy (non-hydrogen) atoms. The molecule has 2 rings (SSSR count). The zero-order valence-corrected chi connectivity index (χ0v) is 11.7. The van der Waals surface area contributed by atoms with Crippen molar-refractivity contribution >= 4 is 17.3 Å². The average Bonchev–Trinajstić information content (AvgIpc) is 2.34. The van der Waals surface area contributed by atoms with E-state index in [1.165, 1.54) is 0 Å². The van der Waals surface area contributed by atoms with Crippen LogP contribution in [0.25, 0.3) is 0 Å². The third kappa shape index (κ3) is 3.49. The van der Waals surface area contributed by atoms with Crippen LogP contribution in [-0.4, -0.2) is 0 Å².